The van der Waals surface area contributed by atoms with Crippen molar-refractivity contribution < 1.29 is 9.18 Å². The highest BCUT2D eigenvalue weighted by atomic mass is 19.1. The van der Waals surface area contributed by atoms with Gasteiger partial charge >= 0.3 is 0 Å². The maximum atomic E-state index is 13.6. The van der Waals surface area contributed by atoms with Crippen molar-refractivity contribution in [2.75, 3.05) is 6.54 Å². The molecular formula is C14H21FN2O. The first-order valence-corrected chi connectivity index (χ1v) is 6.22. The normalized spacial score (nSPS) is 12.6. The topological polar surface area (TPSA) is 55.1 Å². The van der Waals surface area contributed by atoms with Gasteiger partial charge in [-0.25, -0.2) is 4.39 Å². The molecule has 100 valence electrons. The zero-order valence-corrected chi connectivity index (χ0v) is 11.2. The van der Waals surface area contributed by atoms with E-state index in [1.54, 1.807) is 12.1 Å². The predicted molar refractivity (Wildman–Crippen MR) is 70.9 cm³/mol. The van der Waals surface area contributed by atoms with Crippen LogP contribution in [0.5, 0.6) is 0 Å². The Morgan fingerprint density at radius 3 is 2.67 bits per heavy atom. The zero-order chi connectivity index (χ0) is 13.7. The van der Waals surface area contributed by atoms with E-state index >= 15 is 0 Å². The average molecular weight is 252 g/mol. The van der Waals surface area contributed by atoms with Crippen LogP contribution in [0.2, 0.25) is 0 Å². The number of halogens is 1. The van der Waals surface area contributed by atoms with E-state index in [1.807, 2.05) is 20.8 Å². The average Bonchev–Trinajstić information content (AvgIpc) is 2.31. The highest BCUT2D eigenvalue weighted by Gasteiger charge is 2.18. The van der Waals surface area contributed by atoms with Crippen LogP contribution in [0, 0.1) is 18.7 Å². The molecule has 1 atom stereocenters. The van der Waals surface area contributed by atoms with Crippen molar-refractivity contribution >= 4 is 5.91 Å². The molecule has 0 aliphatic carbocycles. The Bertz CT molecular complexity index is 418. The molecule has 0 saturated carbocycles. The molecule has 0 aliphatic rings. The lowest BCUT2D eigenvalue weighted by Crippen LogP contribution is -2.40. The number of carbonyl (C=O) groups is 1. The molecule has 1 unspecified atom stereocenters. The lowest BCUT2D eigenvalue weighted by Gasteiger charge is -2.22. The van der Waals surface area contributed by atoms with Gasteiger partial charge in [0.25, 0.3) is 5.91 Å². The summed E-state index contributed by atoms with van der Waals surface area (Å²) in [7, 11) is 0. The van der Waals surface area contributed by atoms with Crippen LogP contribution in [0.1, 0.15) is 36.2 Å². The minimum Gasteiger partial charge on any atom is -0.349 e. The number of carbonyl (C=O) groups excluding carboxylic acids is 1. The molecule has 3 nitrogen and oxygen atoms in total. The van der Waals surface area contributed by atoms with Crippen LogP contribution in [-0.2, 0) is 0 Å². The molecule has 1 amide bonds. The fourth-order valence-corrected chi connectivity index (χ4v) is 1.81. The van der Waals surface area contributed by atoms with E-state index in [1.165, 1.54) is 6.07 Å². The van der Waals surface area contributed by atoms with Crippen molar-refractivity contribution in [3.8, 4) is 0 Å². The fourth-order valence-electron chi connectivity index (χ4n) is 1.81. The Hall–Kier alpha value is -1.42. The van der Waals surface area contributed by atoms with Gasteiger partial charge in [-0.1, -0.05) is 25.5 Å². The monoisotopic (exact) mass is 252 g/mol. The van der Waals surface area contributed by atoms with Crippen molar-refractivity contribution in [3.63, 3.8) is 0 Å². The molecule has 0 aliphatic heterocycles. The van der Waals surface area contributed by atoms with Crippen LogP contribution in [0.15, 0.2) is 18.2 Å². The van der Waals surface area contributed by atoms with E-state index in [9.17, 15) is 9.18 Å². The molecule has 0 bridgehead atoms. The van der Waals surface area contributed by atoms with E-state index < -0.39 is 5.82 Å². The summed E-state index contributed by atoms with van der Waals surface area (Å²) < 4.78 is 13.6. The summed E-state index contributed by atoms with van der Waals surface area (Å²) in [5.41, 5.74) is 6.47. The van der Waals surface area contributed by atoms with Crippen LogP contribution in [0.4, 0.5) is 4.39 Å². The van der Waals surface area contributed by atoms with E-state index in [-0.39, 0.29) is 23.4 Å². The van der Waals surface area contributed by atoms with Crippen LogP contribution >= 0.6 is 0 Å². The van der Waals surface area contributed by atoms with E-state index in [2.05, 4.69) is 5.32 Å². The maximum absolute atomic E-state index is 13.6. The predicted octanol–water partition coefficient (Wildman–Crippen LogP) is 2.24. The zero-order valence-electron chi connectivity index (χ0n) is 11.2. The number of nitrogens with one attached hydrogen (secondary N) is 1. The van der Waals surface area contributed by atoms with Crippen LogP contribution < -0.4 is 11.1 Å². The Morgan fingerprint density at radius 1 is 1.44 bits per heavy atom. The summed E-state index contributed by atoms with van der Waals surface area (Å²) in [4.78, 5) is 12.0. The molecule has 1 aromatic rings. The molecule has 0 heterocycles. The second kappa shape index (κ2) is 6.50. The summed E-state index contributed by atoms with van der Waals surface area (Å²) in [6.45, 7) is 6.34. The fraction of sp³-hybridized carbons (Fsp3) is 0.500. The summed E-state index contributed by atoms with van der Waals surface area (Å²) in [5.74, 6) is -0.595. The van der Waals surface area contributed by atoms with Gasteiger partial charge in [-0.2, -0.15) is 0 Å². The SMILES string of the molecule is Cc1ccc(F)c(C(=O)NC(CCN)C(C)C)c1. The highest BCUT2D eigenvalue weighted by Crippen LogP contribution is 2.12. The first kappa shape index (κ1) is 14.6. The summed E-state index contributed by atoms with van der Waals surface area (Å²) in [6.07, 6.45) is 0.691. The molecule has 3 N–H and O–H groups in total. The van der Waals surface area contributed by atoms with Crippen molar-refractivity contribution in [2.45, 2.75) is 33.2 Å². The van der Waals surface area contributed by atoms with E-state index in [0.717, 1.165) is 5.56 Å². The number of amides is 1. The Morgan fingerprint density at radius 2 is 2.11 bits per heavy atom. The van der Waals surface area contributed by atoms with Crippen molar-refractivity contribution in [3.05, 3.63) is 35.1 Å². The minimum atomic E-state index is -0.492. The second-order valence-corrected chi connectivity index (χ2v) is 4.88. The van der Waals surface area contributed by atoms with Crippen LogP contribution in [0.3, 0.4) is 0 Å². The maximum Gasteiger partial charge on any atom is 0.254 e. The van der Waals surface area contributed by atoms with Gasteiger partial charge in [-0.05, 0) is 37.9 Å². The largest absolute Gasteiger partial charge is 0.349 e. The Kier molecular flexibility index (Phi) is 5.28. The van der Waals surface area contributed by atoms with E-state index in [0.29, 0.717) is 13.0 Å². The van der Waals surface area contributed by atoms with Gasteiger partial charge in [-0.3, -0.25) is 4.79 Å². The quantitative estimate of drug-likeness (QED) is 0.844. The molecule has 0 fully saturated rings. The third-order valence-corrected chi connectivity index (χ3v) is 2.97. The summed E-state index contributed by atoms with van der Waals surface area (Å²) >= 11 is 0. The first-order chi connectivity index (χ1) is 8.45. The van der Waals surface area contributed by atoms with Crippen LogP contribution in [-0.4, -0.2) is 18.5 Å². The summed E-state index contributed by atoms with van der Waals surface area (Å²) in [5, 5.41) is 2.84. The number of rotatable bonds is 5. The molecule has 4 heteroatoms. The molecule has 0 spiro atoms. The molecule has 0 aromatic heterocycles. The Labute approximate surface area is 108 Å². The molecule has 1 rings (SSSR count). The van der Waals surface area contributed by atoms with Crippen molar-refractivity contribution in [1.82, 2.24) is 5.32 Å². The molecule has 18 heavy (non-hydrogen) atoms. The minimum absolute atomic E-state index is 0.0255. The van der Waals surface area contributed by atoms with Gasteiger partial charge in [-0.15, -0.1) is 0 Å². The smallest absolute Gasteiger partial charge is 0.254 e. The van der Waals surface area contributed by atoms with Crippen molar-refractivity contribution in [2.24, 2.45) is 11.7 Å². The number of aryl methyl sites for hydroxylation is 1. The third kappa shape index (κ3) is 3.81. The van der Waals surface area contributed by atoms with Gasteiger partial charge in [0, 0.05) is 6.04 Å². The molecular weight excluding hydrogens is 231 g/mol. The molecule has 0 saturated heterocycles. The standard InChI is InChI=1S/C14H21FN2O/c1-9(2)13(6-7-16)17-14(18)11-8-10(3)4-5-12(11)15/h4-5,8-9,13H,6-7,16H2,1-3H3,(H,17,18). The van der Waals surface area contributed by atoms with E-state index in [4.69, 9.17) is 5.73 Å². The number of hydrogen-bond donors (Lipinski definition) is 2. The van der Waals surface area contributed by atoms with Crippen molar-refractivity contribution in [1.29, 1.82) is 0 Å². The third-order valence-electron chi connectivity index (χ3n) is 2.97. The Balaban J connectivity index is 2.83. The van der Waals surface area contributed by atoms with Gasteiger partial charge in [0.15, 0.2) is 0 Å². The highest BCUT2D eigenvalue weighted by molar-refractivity contribution is 5.94. The number of nitrogens with two attached hydrogens (primary N) is 1. The van der Waals surface area contributed by atoms with Crippen LogP contribution in [0.25, 0.3) is 0 Å². The second-order valence-electron chi connectivity index (χ2n) is 4.88. The first-order valence-electron chi connectivity index (χ1n) is 6.22. The van der Waals surface area contributed by atoms with Gasteiger partial charge < -0.3 is 11.1 Å². The molecule has 1 aromatic carbocycles. The number of benzene rings is 1. The number of hydrogen-bond acceptors (Lipinski definition) is 2. The summed E-state index contributed by atoms with van der Waals surface area (Å²) in [6, 6.07) is 4.50. The lowest BCUT2D eigenvalue weighted by molar-refractivity contribution is 0.0920. The molecule has 0 radical (unpaired) electrons. The lowest BCUT2D eigenvalue weighted by atomic mass is 10.00. The van der Waals surface area contributed by atoms with Gasteiger partial charge in [0.2, 0.25) is 0 Å². The van der Waals surface area contributed by atoms with Gasteiger partial charge in [0.05, 0.1) is 5.56 Å². The van der Waals surface area contributed by atoms with Gasteiger partial charge in [0.1, 0.15) is 5.82 Å².